The topological polar surface area (TPSA) is 162 Å². The van der Waals surface area contributed by atoms with Gasteiger partial charge in [-0.25, -0.2) is 4.98 Å². The van der Waals surface area contributed by atoms with Gasteiger partial charge in [0, 0.05) is 183 Å². The first-order chi connectivity index (χ1) is 68.8. The van der Waals surface area contributed by atoms with Crippen molar-refractivity contribution in [1.82, 2.24) is 59.7 Å². The number of hydrogen-bond acceptors (Lipinski definition) is 11. The van der Waals surface area contributed by atoms with Crippen molar-refractivity contribution in [3.63, 3.8) is 0 Å². The number of aromatic nitrogens is 8. The largest absolute Gasteiger partial charge is 0.372 e. The third-order valence-corrected chi connectivity index (χ3v) is 28.9. The maximum absolute atomic E-state index is 4.64. The lowest BCUT2D eigenvalue weighted by Gasteiger charge is -2.38. The second-order valence-corrected chi connectivity index (χ2v) is 50.4. The molecule has 0 saturated heterocycles. The Labute approximate surface area is 878 Å². The number of pyridine rings is 2. The van der Waals surface area contributed by atoms with Crippen LogP contribution in [0, 0.1) is 27.6 Å². The molecule has 2 unspecified atom stereocenters. The lowest BCUT2D eigenvalue weighted by Crippen LogP contribution is -2.44. The summed E-state index contributed by atoms with van der Waals surface area (Å²) in [7, 11) is 0. The number of para-hydroxylation sites is 7. The first-order valence-electron chi connectivity index (χ1n) is 53.8. The van der Waals surface area contributed by atoms with Gasteiger partial charge < -0.3 is 25.2 Å². The Morgan fingerprint density at radius 2 is 0.966 bits per heavy atom. The van der Waals surface area contributed by atoms with Crippen LogP contribution in [0.3, 0.4) is 0 Å². The highest BCUT2D eigenvalue weighted by molar-refractivity contribution is 6.07. The summed E-state index contributed by atoms with van der Waals surface area (Å²) >= 11 is 0. The van der Waals surface area contributed by atoms with Crippen molar-refractivity contribution in [3.05, 3.63) is 358 Å². The molecule has 0 bridgehead atoms. The second-order valence-electron chi connectivity index (χ2n) is 50.4. The third kappa shape index (κ3) is 31.7. The minimum atomic E-state index is 0.107. The van der Waals surface area contributed by atoms with Crippen LogP contribution in [-0.2, 0) is 93.0 Å². The smallest absolute Gasteiger partial charge is 0.0963 e. The summed E-state index contributed by atoms with van der Waals surface area (Å²) in [5.74, 6) is 0.859. The Balaban J connectivity index is 0.000000143. The quantitative estimate of drug-likeness (QED) is 0.113. The molecular weight excluding hydrogens is 1780 g/mol. The minimum absolute atomic E-state index is 0.107. The van der Waals surface area contributed by atoms with E-state index in [-0.39, 0.29) is 38.2 Å². The molecule has 6 aromatic heterocycles. The average molecular weight is 1960 g/mol. The number of rotatable bonds is 2. The number of imidazole rings is 1. The first kappa shape index (κ1) is 113. The molecule has 22 rings (SSSR count). The van der Waals surface area contributed by atoms with Crippen molar-refractivity contribution in [3.8, 4) is 0 Å². The van der Waals surface area contributed by atoms with E-state index in [0.717, 1.165) is 94.4 Å². The number of H-pyrrole nitrogens is 3. The van der Waals surface area contributed by atoms with Crippen LogP contribution >= 0.6 is 0 Å². The SMILES string of the molecule is CC(C)(C)C1=NCc2ccccc21.CC(C)(C)C1=Nc2ccccc2C1.CC(C)(C)C1CCc2ccccc2C1.CC(C)(C)C1Cc2ccccc2CN1.CC(C)(C)N1CCc2cccnc2C1.CC(C)(C)c1[nH]nc2ccccc12.CC(C)(C)c1c[nH]c2ccccc12.CC(C)(C)c1cc2ccccc2[nH]1.CC(C)(C)n1cnc2ccccc21.CC(C)N1CCc2ncccc2C1.CC(C)N1CNc2ccccc2C1. The van der Waals surface area contributed by atoms with Crippen LogP contribution in [0.2, 0.25) is 0 Å². The van der Waals surface area contributed by atoms with Gasteiger partial charge in [0.25, 0.3) is 0 Å². The predicted molar refractivity (Wildman–Crippen MR) is 625 cm³/mol. The number of nitrogens with one attached hydrogen (secondary N) is 5. The summed E-state index contributed by atoms with van der Waals surface area (Å²) in [5.41, 5.74) is 33.8. The molecule has 6 aliphatic heterocycles. The summed E-state index contributed by atoms with van der Waals surface area (Å²) in [6.07, 6.45) is 16.2. The molecule has 0 spiro atoms. The fourth-order valence-electron chi connectivity index (χ4n) is 19.5. The van der Waals surface area contributed by atoms with Crippen molar-refractivity contribution in [1.29, 1.82) is 0 Å². The van der Waals surface area contributed by atoms with Gasteiger partial charge in [-0.2, -0.15) is 5.10 Å². The number of nitrogens with zero attached hydrogens (tertiary/aromatic N) is 10. The van der Waals surface area contributed by atoms with Crippen LogP contribution < -0.4 is 10.6 Å². The number of aliphatic imine (C=N–C) groups is 2. The zero-order chi connectivity index (χ0) is 106. The molecule has 15 nitrogen and oxygen atoms in total. The Morgan fingerprint density at radius 3 is 1.58 bits per heavy atom. The van der Waals surface area contributed by atoms with E-state index in [2.05, 4.69) is 490 Å². The number of anilines is 1. The zero-order valence-corrected chi connectivity index (χ0v) is 94.9. The van der Waals surface area contributed by atoms with Gasteiger partial charge >= 0.3 is 0 Å². The second kappa shape index (κ2) is 48.9. The van der Waals surface area contributed by atoms with E-state index in [1.165, 1.54) is 148 Å². The maximum atomic E-state index is 4.64. The van der Waals surface area contributed by atoms with E-state index in [9.17, 15) is 0 Å². The summed E-state index contributed by atoms with van der Waals surface area (Å²) < 4.78 is 2.20. The van der Waals surface area contributed by atoms with Crippen LogP contribution in [0.15, 0.2) is 284 Å². The zero-order valence-electron chi connectivity index (χ0n) is 94.9. The molecule has 146 heavy (non-hydrogen) atoms. The van der Waals surface area contributed by atoms with E-state index in [1.807, 2.05) is 73.3 Å². The maximum Gasteiger partial charge on any atom is 0.0963 e. The molecule has 9 aromatic carbocycles. The molecule has 0 radical (unpaired) electrons. The Kier molecular flexibility index (Phi) is 37.9. The van der Waals surface area contributed by atoms with Crippen molar-refractivity contribution in [2.75, 3.05) is 25.1 Å². The fraction of sp³-hybridized carbons (Fsp3) is 0.450. The van der Waals surface area contributed by atoms with Crippen LogP contribution in [0.5, 0.6) is 0 Å². The highest BCUT2D eigenvalue weighted by atomic mass is 15.3. The van der Waals surface area contributed by atoms with Crippen LogP contribution in [0.4, 0.5) is 11.4 Å². The highest BCUT2D eigenvalue weighted by Crippen LogP contribution is 2.40. The van der Waals surface area contributed by atoms with Crippen LogP contribution in [-0.4, -0.2) is 109 Å². The number of benzene rings is 9. The molecule has 5 N–H and O–H groups in total. The first-order valence-corrected chi connectivity index (χ1v) is 53.8. The number of aromatic amines is 3. The van der Waals surface area contributed by atoms with Gasteiger partial charge in [0.15, 0.2) is 0 Å². The molecule has 776 valence electrons. The van der Waals surface area contributed by atoms with Crippen LogP contribution in [0.25, 0.3) is 43.7 Å². The summed E-state index contributed by atoms with van der Waals surface area (Å²) in [5, 5.41) is 18.3. The van der Waals surface area contributed by atoms with Gasteiger partial charge in [-0.05, 0) is 245 Å². The van der Waals surface area contributed by atoms with E-state index in [1.54, 1.807) is 11.1 Å². The van der Waals surface area contributed by atoms with E-state index in [0.29, 0.717) is 29.0 Å². The van der Waals surface area contributed by atoms with Crippen LogP contribution in [0.1, 0.15) is 305 Å². The van der Waals surface area contributed by atoms with Gasteiger partial charge in [-0.1, -0.05) is 333 Å². The standard InChI is InChI=1S/C14H20.C13H19N.C12H18N2.4C12H15N.2C11H14N2.2C11H16N2/c1-14(2,3)13-9-8-11-6-4-5-7-12(11)10-13;1-13(2,3)12-8-10-6-4-5-7-11(10)9-14-12;1-12(2,3)14-8-6-10-5-4-7-13-11(10)9-14;1-12(2,3)10-8-13-11-7-5-4-6-9(10)11;1-12(2,3)11-10-7-5-4-6-9(10)8-13-11;2*1-12(2,3)11-8-9-6-4-5-7-10(9)13-11;1-11(2,3)13-8-12-9-6-4-5-7-10(9)13;1-11(2,3)10-8-6-4-5-7-9(8)12-13-10;1-9(2)13-7-5-11-10(8-13)4-3-6-12-11;1-9(2)13-7-10-5-3-4-6-11(10)12-8-13/h4-7,13H,8-10H2,1-3H3;4-7,12,14H,8-9H2,1-3H3;4-5,7H,6,8-9H2,1-3H3;4-8,13H,1-3H3;2*4-7H,8H2,1-3H3;4-8,13H,1-3H3;4-8H,1-3H3;4-7H,1-3H3,(H,12,13);3-4,6,9H,5,7-8H2,1-2H3;3-6,9,12H,7-8H2,1-2H3. The van der Waals surface area contributed by atoms with E-state index < -0.39 is 0 Å². The molecule has 15 aromatic rings. The number of hydrogen-bond donors (Lipinski definition) is 5. The van der Waals surface area contributed by atoms with Gasteiger partial charge in [0.05, 0.1) is 47.5 Å². The lowest BCUT2D eigenvalue weighted by atomic mass is 9.71. The monoisotopic (exact) mass is 1960 g/mol. The van der Waals surface area contributed by atoms with Gasteiger partial charge in [0.2, 0.25) is 0 Å². The molecule has 0 amide bonds. The molecule has 1 aliphatic carbocycles. The molecule has 0 fully saturated rings. The summed E-state index contributed by atoms with van der Waals surface area (Å²) in [6.45, 7) is 77.9. The van der Waals surface area contributed by atoms with Crippen molar-refractivity contribution < 1.29 is 0 Å². The number of aryl methyl sites for hydroxylation is 1. The van der Waals surface area contributed by atoms with Crippen molar-refractivity contribution in [2.45, 2.75) is 338 Å². The Morgan fingerprint density at radius 1 is 0.411 bits per heavy atom. The normalized spacial score (nSPS) is 16.1. The third-order valence-electron chi connectivity index (χ3n) is 28.9. The highest BCUT2D eigenvalue weighted by Gasteiger charge is 2.33. The van der Waals surface area contributed by atoms with Crippen molar-refractivity contribution in [2.24, 2.45) is 37.6 Å². The predicted octanol–water partition coefficient (Wildman–Crippen LogP) is 31.9. The fourth-order valence-corrected chi connectivity index (χ4v) is 19.5. The lowest BCUT2D eigenvalue weighted by molar-refractivity contribution is 0.118. The molecule has 15 heteroatoms. The molecule has 0 saturated carbocycles. The molecule has 12 heterocycles. The summed E-state index contributed by atoms with van der Waals surface area (Å²) in [6, 6.07) is 88.9. The van der Waals surface area contributed by atoms with Crippen molar-refractivity contribution >= 4 is 66.5 Å². The van der Waals surface area contributed by atoms with Gasteiger partial charge in [-0.15, -0.1) is 0 Å². The minimum Gasteiger partial charge on any atom is -0.372 e. The number of fused-ring (bicyclic) bond motifs is 11. The molecular formula is C131H177N15. The van der Waals surface area contributed by atoms with E-state index in [4.69, 9.17) is 0 Å². The van der Waals surface area contributed by atoms with E-state index >= 15 is 0 Å². The van der Waals surface area contributed by atoms with Gasteiger partial charge in [0.1, 0.15) is 0 Å². The summed E-state index contributed by atoms with van der Waals surface area (Å²) in [4.78, 5) is 36.5. The molecule has 7 aliphatic rings. The Bertz CT molecular complexity index is 6260. The molecule has 2 atom stereocenters. The Hall–Kier alpha value is -11.7. The van der Waals surface area contributed by atoms with Gasteiger partial charge in [-0.3, -0.25) is 39.8 Å². The average Bonchev–Trinajstić information content (AvgIpc) is 1.73.